The number of anilines is 1. The molecule has 0 unspecified atom stereocenters. The molecule has 1 aromatic rings. The van der Waals surface area contributed by atoms with Gasteiger partial charge in [0.25, 0.3) is 0 Å². The van der Waals surface area contributed by atoms with Crippen LogP contribution in [0.4, 0.5) is 23.2 Å². The van der Waals surface area contributed by atoms with E-state index >= 15 is 0 Å². The molecule has 0 spiro atoms. The van der Waals surface area contributed by atoms with Gasteiger partial charge in [0.05, 0.1) is 30.2 Å². The van der Waals surface area contributed by atoms with Crippen LogP contribution in [0.1, 0.15) is 26.3 Å². The van der Waals surface area contributed by atoms with Gasteiger partial charge >= 0.3 is 12.1 Å². The van der Waals surface area contributed by atoms with Crippen molar-refractivity contribution in [1.29, 1.82) is 0 Å². The molecule has 1 aromatic carbocycles. The molecule has 5 nitrogen and oxygen atoms in total. The van der Waals surface area contributed by atoms with E-state index in [9.17, 15) is 27.2 Å². The molecule has 0 heterocycles. The second-order valence-electron chi connectivity index (χ2n) is 6.02. The molecule has 0 aromatic heterocycles. The molecule has 1 rings (SSSR count). The normalized spacial score (nSPS) is 15.1. The van der Waals surface area contributed by atoms with Gasteiger partial charge in [-0.25, -0.2) is 4.39 Å². The number of rotatable bonds is 7. The Hall–Kier alpha value is -2.16. The fraction of sp³-hybridized carbons (Fsp3) is 0.529. The third-order valence-corrected chi connectivity index (χ3v) is 3.88. The summed E-state index contributed by atoms with van der Waals surface area (Å²) in [5.74, 6) is -4.99. The third kappa shape index (κ3) is 5.98. The maximum Gasteiger partial charge on any atom is 0.393 e. The molecule has 3 atom stereocenters. The van der Waals surface area contributed by atoms with Gasteiger partial charge in [0.2, 0.25) is 5.91 Å². The monoisotopic (exact) mass is 378 g/mol. The zero-order chi connectivity index (χ0) is 20.1. The number of carbonyl (C=O) groups is 2. The van der Waals surface area contributed by atoms with Crippen LogP contribution >= 0.6 is 0 Å². The van der Waals surface area contributed by atoms with Crippen LogP contribution in [0.25, 0.3) is 0 Å². The van der Waals surface area contributed by atoms with Crippen molar-refractivity contribution in [3.63, 3.8) is 0 Å². The molecule has 0 saturated heterocycles. The fourth-order valence-corrected chi connectivity index (χ4v) is 2.16. The summed E-state index contributed by atoms with van der Waals surface area (Å²) in [5, 5.41) is 2.08. The number of esters is 1. The molecule has 0 aliphatic rings. The summed E-state index contributed by atoms with van der Waals surface area (Å²) >= 11 is 0. The number of carbonyl (C=O) groups excluding carboxylic acids is 2. The highest BCUT2D eigenvalue weighted by Crippen LogP contribution is 2.28. The molecule has 0 saturated carbocycles. The Labute approximate surface area is 148 Å². The van der Waals surface area contributed by atoms with Crippen LogP contribution in [-0.2, 0) is 20.7 Å². The molecule has 0 radical (unpaired) electrons. The lowest BCUT2D eigenvalue weighted by Crippen LogP contribution is -2.46. The van der Waals surface area contributed by atoms with Crippen LogP contribution in [0.3, 0.4) is 0 Å². The number of ether oxygens (including phenoxy) is 1. The fourth-order valence-electron chi connectivity index (χ4n) is 2.16. The van der Waals surface area contributed by atoms with Gasteiger partial charge < -0.3 is 15.8 Å². The topological polar surface area (TPSA) is 81.4 Å². The lowest BCUT2D eigenvalue weighted by Gasteiger charge is -2.22. The van der Waals surface area contributed by atoms with E-state index < -0.39 is 41.7 Å². The summed E-state index contributed by atoms with van der Waals surface area (Å²) < 4.78 is 56.7. The van der Waals surface area contributed by atoms with Crippen LogP contribution in [0.15, 0.2) is 18.2 Å². The number of amides is 1. The molecule has 3 N–H and O–H groups in total. The van der Waals surface area contributed by atoms with Crippen molar-refractivity contribution in [1.82, 2.24) is 0 Å². The standard InChI is InChI=1S/C17H22F4N2O3/c1-4-26-16(25)9(2)7-11-5-6-12(18)13(8-11)23-15(24)14(22)10(3)17(19,20)21/h5-6,8-10,14H,4,7,22H2,1-3H3,(H,23,24)/t9-,10+,14+/m0/s1. The predicted octanol–water partition coefficient (Wildman–Crippen LogP) is 3.03. The van der Waals surface area contributed by atoms with E-state index in [1.165, 1.54) is 12.1 Å². The zero-order valence-corrected chi connectivity index (χ0v) is 14.7. The minimum atomic E-state index is -4.65. The maximum atomic E-state index is 13.9. The Morgan fingerprint density at radius 3 is 2.42 bits per heavy atom. The first-order valence-electron chi connectivity index (χ1n) is 8.05. The van der Waals surface area contributed by atoms with Crippen LogP contribution in [0.5, 0.6) is 0 Å². The van der Waals surface area contributed by atoms with Crippen LogP contribution < -0.4 is 11.1 Å². The van der Waals surface area contributed by atoms with Gasteiger partial charge in [-0.2, -0.15) is 13.2 Å². The van der Waals surface area contributed by atoms with E-state index in [-0.39, 0.29) is 18.7 Å². The van der Waals surface area contributed by atoms with Crippen LogP contribution in [0.2, 0.25) is 0 Å². The molecule has 146 valence electrons. The second kappa shape index (κ2) is 8.98. The first kappa shape index (κ1) is 21.9. The van der Waals surface area contributed by atoms with Crippen LogP contribution in [0, 0.1) is 17.7 Å². The van der Waals surface area contributed by atoms with E-state index in [2.05, 4.69) is 5.32 Å². The van der Waals surface area contributed by atoms with Crippen molar-refractivity contribution in [3.8, 4) is 0 Å². The van der Waals surface area contributed by atoms with E-state index in [0.29, 0.717) is 5.56 Å². The lowest BCUT2D eigenvalue weighted by atomic mass is 9.99. The molecular formula is C17H22F4N2O3. The van der Waals surface area contributed by atoms with Gasteiger partial charge in [-0.05, 0) is 31.0 Å². The largest absolute Gasteiger partial charge is 0.466 e. The Kier molecular flexibility index (Phi) is 7.55. The Morgan fingerprint density at radius 1 is 1.27 bits per heavy atom. The number of nitrogens with two attached hydrogens (primary N) is 1. The Bertz CT molecular complexity index is 649. The Balaban J connectivity index is 2.87. The maximum absolute atomic E-state index is 13.9. The predicted molar refractivity (Wildman–Crippen MR) is 87.7 cm³/mol. The van der Waals surface area contributed by atoms with Gasteiger partial charge in [-0.3, -0.25) is 9.59 Å². The summed E-state index contributed by atoms with van der Waals surface area (Å²) in [4.78, 5) is 23.5. The minimum absolute atomic E-state index is 0.215. The minimum Gasteiger partial charge on any atom is -0.466 e. The summed E-state index contributed by atoms with van der Waals surface area (Å²) in [6.07, 6.45) is -4.43. The van der Waals surface area contributed by atoms with Crippen molar-refractivity contribution >= 4 is 17.6 Å². The van der Waals surface area contributed by atoms with Gasteiger partial charge in [0.1, 0.15) is 5.82 Å². The Morgan fingerprint density at radius 2 is 1.88 bits per heavy atom. The highest BCUT2D eigenvalue weighted by molar-refractivity contribution is 5.95. The van der Waals surface area contributed by atoms with Crippen molar-refractivity contribution in [3.05, 3.63) is 29.6 Å². The highest BCUT2D eigenvalue weighted by atomic mass is 19.4. The smallest absolute Gasteiger partial charge is 0.393 e. The van der Waals surface area contributed by atoms with Gasteiger partial charge in [0, 0.05) is 0 Å². The summed E-state index contributed by atoms with van der Waals surface area (Å²) in [7, 11) is 0. The SMILES string of the molecule is CCOC(=O)[C@@H](C)Cc1ccc(F)c(NC(=O)[C@H](N)[C@@H](C)C(F)(F)F)c1. The molecule has 0 aliphatic heterocycles. The second-order valence-corrected chi connectivity index (χ2v) is 6.02. The molecule has 0 bridgehead atoms. The number of hydrogen-bond donors (Lipinski definition) is 2. The molecule has 26 heavy (non-hydrogen) atoms. The van der Waals surface area contributed by atoms with Crippen molar-refractivity contribution in [2.24, 2.45) is 17.6 Å². The summed E-state index contributed by atoms with van der Waals surface area (Å²) in [6, 6.07) is 1.85. The van der Waals surface area contributed by atoms with Crippen LogP contribution in [-0.4, -0.2) is 30.7 Å². The van der Waals surface area contributed by atoms with E-state index in [1.807, 2.05) is 0 Å². The number of alkyl halides is 3. The summed E-state index contributed by atoms with van der Waals surface area (Å²) in [5.41, 5.74) is 5.54. The average molecular weight is 378 g/mol. The third-order valence-electron chi connectivity index (χ3n) is 3.88. The van der Waals surface area contributed by atoms with E-state index in [0.717, 1.165) is 13.0 Å². The molecular weight excluding hydrogens is 356 g/mol. The van der Waals surface area contributed by atoms with E-state index in [1.54, 1.807) is 13.8 Å². The van der Waals surface area contributed by atoms with Gasteiger partial charge in [-0.1, -0.05) is 19.9 Å². The number of hydrogen-bond acceptors (Lipinski definition) is 4. The van der Waals surface area contributed by atoms with Crippen molar-refractivity contribution < 1.29 is 31.9 Å². The molecule has 9 heteroatoms. The molecule has 0 aliphatic carbocycles. The first-order valence-corrected chi connectivity index (χ1v) is 8.05. The molecule has 1 amide bonds. The zero-order valence-electron chi connectivity index (χ0n) is 14.7. The number of nitrogens with one attached hydrogen (secondary N) is 1. The first-order chi connectivity index (χ1) is 12.0. The summed E-state index contributed by atoms with van der Waals surface area (Å²) in [6.45, 7) is 4.29. The average Bonchev–Trinajstić information content (AvgIpc) is 2.55. The lowest BCUT2D eigenvalue weighted by molar-refractivity contribution is -0.176. The van der Waals surface area contributed by atoms with Crippen molar-refractivity contribution in [2.75, 3.05) is 11.9 Å². The van der Waals surface area contributed by atoms with E-state index in [4.69, 9.17) is 10.5 Å². The number of benzene rings is 1. The highest BCUT2D eigenvalue weighted by Gasteiger charge is 2.42. The molecule has 0 fully saturated rings. The van der Waals surface area contributed by atoms with Crippen molar-refractivity contribution in [2.45, 2.75) is 39.4 Å². The quantitative estimate of drug-likeness (QED) is 0.565. The van der Waals surface area contributed by atoms with Gasteiger partial charge in [0.15, 0.2) is 0 Å². The number of halogens is 4. The van der Waals surface area contributed by atoms with Gasteiger partial charge in [-0.15, -0.1) is 0 Å².